The van der Waals surface area contributed by atoms with Crippen LogP contribution in [0, 0.1) is 10.1 Å². The first-order valence-electron chi connectivity index (χ1n) is 6.31. The van der Waals surface area contributed by atoms with E-state index >= 15 is 0 Å². The Labute approximate surface area is 113 Å². The zero-order chi connectivity index (χ0) is 14.1. The number of furan rings is 1. The summed E-state index contributed by atoms with van der Waals surface area (Å²) in [5, 5.41) is 17.4. The average Bonchev–Trinajstić information content (AvgIpc) is 3.08. The predicted octanol–water partition coefficient (Wildman–Crippen LogP) is 0.900. The second kappa shape index (κ2) is 4.93. The molecule has 1 aliphatic rings. The molecule has 0 radical (unpaired) electrons. The van der Waals surface area contributed by atoms with Gasteiger partial charge in [-0.2, -0.15) is 4.98 Å². The van der Waals surface area contributed by atoms with Gasteiger partial charge in [0, 0.05) is 19.1 Å². The maximum atomic E-state index is 10.6. The maximum absolute atomic E-state index is 10.6. The summed E-state index contributed by atoms with van der Waals surface area (Å²) in [6.45, 7) is 1.60. The van der Waals surface area contributed by atoms with Crippen molar-refractivity contribution in [3.8, 4) is 11.6 Å². The van der Waals surface area contributed by atoms with Crippen LogP contribution in [0.2, 0.25) is 0 Å². The van der Waals surface area contributed by atoms with E-state index in [0.717, 1.165) is 25.9 Å². The molecule has 20 heavy (non-hydrogen) atoms. The second-order valence-electron chi connectivity index (χ2n) is 4.70. The lowest BCUT2D eigenvalue weighted by molar-refractivity contribution is -0.401. The van der Waals surface area contributed by atoms with Crippen molar-refractivity contribution in [2.75, 3.05) is 18.0 Å². The van der Waals surface area contributed by atoms with E-state index in [4.69, 9.17) is 10.2 Å². The molecule has 0 amide bonds. The fraction of sp³-hybridized carbons (Fsp3) is 0.455. The van der Waals surface area contributed by atoms with Gasteiger partial charge in [0.15, 0.2) is 11.6 Å². The third-order valence-electron chi connectivity index (χ3n) is 3.30. The van der Waals surface area contributed by atoms with Crippen LogP contribution in [0.15, 0.2) is 16.5 Å². The van der Waals surface area contributed by atoms with Gasteiger partial charge in [-0.05, 0) is 18.9 Å². The molecule has 9 nitrogen and oxygen atoms in total. The maximum Gasteiger partial charge on any atom is 0.433 e. The van der Waals surface area contributed by atoms with Crippen LogP contribution in [-0.4, -0.2) is 39.2 Å². The van der Waals surface area contributed by atoms with E-state index in [2.05, 4.69) is 15.2 Å². The van der Waals surface area contributed by atoms with Crippen molar-refractivity contribution >= 4 is 11.8 Å². The van der Waals surface area contributed by atoms with E-state index in [-0.39, 0.29) is 11.9 Å². The average molecular weight is 278 g/mol. The highest BCUT2D eigenvalue weighted by Gasteiger charge is 2.21. The Morgan fingerprint density at radius 2 is 2.20 bits per heavy atom. The number of anilines is 1. The molecule has 2 aromatic rings. The summed E-state index contributed by atoms with van der Waals surface area (Å²) in [4.78, 5) is 16.3. The number of piperidine rings is 1. The molecule has 0 aromatic carbocycles. The molecule has 0 atom stereocenters. The minimum Gasteiger partial charge on any atom is -0.397 e. The molecular weight excluding hydrogens is 264 g/mol. The molecule has 3 rings (SSSR count). The Morgan fingerprint density at radius 3 is 2.85 bits per heavy atom. The van der Waals surface area contributed by atoms with Crippen molar-refractivity contribution in [3.63, 3.8) is 0 Å². The van der Waals surface area contributed by atoms with E-state index in [9.17, 15) is 10.1 Å². The van der Waals surface area contributed by atoms with E-state index in [1.165, 1.54) is 12.1 Å². The summed E-state index contributed by atoms with van der Waals surface area (Å²) >= 11 is 0. The lowest BCUT2D eigenvalue weighted by atomic mass is 10.1. The van der Waals surface area contributed by atoms with Crippen LogP contribution in [0.3, 0.4) is 0 Å². The zero-order valence-electron chi connectivity index (χ0n) is 10.7. The number of aromatic nitrogens is 3. The summed E-state index contributed by atoms with van der Waals surface area (Å²) < 4.78 is 5.08. The molecule has 3 N–H and O–H groups in total. The van der Waals surface area contributed by atoms with Crippen molar-refractivity contribution in [1.29, 1.82) is 0 Å². The van der Waals surface area contributed by atoms with E-state index in [1.807, 2.05) is 4.90 Å². The first kappa shape index (κ1) is 12.6. The van der Waals surface area contributed by atoms with Crippen molar-refractivity contribution in [2.45, 2.75) is 18.9 Å². The molecule has 0 aliphatic carbocycles. The number of nitro groups is 1. The first-order chi connectivity index (χ1) is 9.63. The quantitative estimate of drug-likeness (QED) is 0.630. The third-order valence-corrected chi connectivity index (χ3v) is 3.30. The Kier molecular flexibility index (Phi) is 3.11. The highest BCUT2D eigenvalue weighted by atomic mass is 16.6. The van der Waals surface area contributed by atoms with Gasteiger partial charge in [0.2, 0.25) is 5.95 Å². The second-order valence-corrected chi connectivity index (χ2v) is 4.70. The van der Waals surface area contributed by atoms with Crippen LogP contribution >= 0.6 is 0 Å². The summed E-state index contributed by atoms with van der Waals surface area (Å²) in [6, 6.07) is 3.02. The van der Waals surface area contributed by atoms with E-state index in [1.54, 1.807) is 0 Å². The third kappa shape index (κ3) is 2.35. The van der Waals surface area contributed by atoms with Gasteiger partial charge in [-0.1, -0.05) is 0 Å². The molecule has 0 saturated carbocycles. The van der Waals surface area contributed by atoms with Crippen molar-refractivity contribution in [1.82, 2.24) is 15.2 Å². The minimum atomic E-state index is -0.590. The topological polar surface area (TPSA) is 127 Å². The summed E-state index contributed by atoms with van der Waals surface area (Å²) in [7, 11) is 0. The van der Waals surface area contributed by atoms with Gasteiger partial charge in [0.25, 0.3) is 0 Å². The molecule has 0 bridgehead atoms. The Balaban J connectivity index is 1.77. The molecule has 1 saturated heterocycles. The van der Waals surface area contributed by atoms with Crippen LogP contribution in [0.25, 0.3) is 11.6 Å². The van der Waals surface area contributed by atoms with Gasteiger partial charge >= 0.3 is 5.88 Å². The van der Waals surface area contributed by atoms with Crippen LogP contribution in [-0.2, 0) is 0 Å². The molecule has 1 fully saturated rings. The summed E-state index contributed by atoms with van der Waals surface area (Å²) in [5.41, 5.74) is 5.85. The van der Waals surface area contributed by atoms with Crippen LogP contribution in [0.4, 0.5) is 11.8 Å². The van der Waals surface area contributed by atoms with Crippen molar-refractivity contribution in [2.24, 2.45) is 5.73 Å². The molecule has 106 valence electrons. The van der Waals surface area contributed by atoms with Gasteiger partial charge in [-0.15, -0.1) is 5.10 Å². The summed E-state index contributed by atoms with van der Waals surface area (Å²) in [6.07, 6.45) is 1.80. The van der Waals surface area contributed by atoms with Crippen LogP contribution in [0.5, 0.6) is 0 Å². The van der Waals surface area contributed by atoms with Gasteiger partial charge in [0.05, 0.1) is 6.07 Å². The Bertz CT molecular complexity index is 613. The molecular formula is C11H14N6O3. The molecule has 1 aliphatic heterocycles. The Morgan fingerprint density at radius 1 is 1.45 bits per heavy atom. The zero-order valence-corrected chi connectivity index (χ0v) is 10.7. The SMILES string of the molecule is NC1CCN(c2n[nH]c(-c3ccc([N+](=O)[O-])o3)n2)CC1. The number of aromatic amines is 1. The number of H-pyrrole nitrogens is 1. The standard InChI is InChI=1S/C11H14N6O3/c12-7-3-5-16(6-4-7)11-13-10(14-15-11)8-1-2-9(20-8)17(18)19/h1-2,7H,3-6,12H2,(H,13,14,15). The first-order valence-corrected chi connectivity index (χ1v) is 6.31. The highest BCUT2D eigenvalue weighted by molar-refractivity contribution is 5.51. The number of nitrogens with two attached hydrogens (primary N) is 1. The molecule has 0 unspecified atom stereocenters. The van der Waals surface area contributed by atoms with E-state index < -0.39 is 4.92 Å². The lowest BCUT2D eigenvalue weighted by Crippen LogP contribution is -2.40. The van der Waals surface area contributed by atoms with Crippen molar-refractivity contribution < 1.29 is 9.34 Å². The largest absolute Gasteiger partial charge is 0.433 e. The lowest BCUT2D eigenvalue weighted by Gasteiger charge is -2.28. The number of hydrogen-bond acceptors (Lipinski definition) is 7. The summed E-state index contributed by atoms with van der Waals surface area (Å²) in [5.74, 6) is 0.917. The van der Waals surface area contributed by atoms with Gasteiger partial charge in [-0.3, -0.25) is 15.2 Å². The number of hydrogen-bond donors (Lipinski definition) is 2. The van der Waals surface area contributed by atoms with Gasteiger partial charge in [-0.25, -0.2) is 0 Å². The number of nitrogens with one attached hydrogen (secondary N) is 1. The number of nitrogens with zero attached hydrogens (tertiary/aromatic N) is 4. The van der Waals surface area contributed by atoms with E-state index in [0.29, 0.717) is 17.5 Å². The van der Waals surface area contributed by atoms with Gasteiger partial charge < -0.3 is 15.1 Å². The smallest absolute Gasteiger partial charge is 0.397 e. The normalized spacial score (nSPS) is 16.6. The molecule has 0 spiro atoms. The molecule has 2 aromatic heterocycles. The Hall–Kier alpha value is -2.42. The predicted molar refractivity (Wildman–Crippen MR) is 70.2 cm³/mol. The van der Waals surface area contributed by atoms with Gasteiger partial charge in [0.1, 0.15) is 4.92 Å². The number of rotatable bonds is 3. The van der Waals surface area contributed by atoms with Crippen LogP contribution in [0.1, 0.15) is 12.8 Å². The molecule has 3 heterocycles. The monoisotopic (exact) mass is 278 g/mol. The van der Waals surface area contributed by atoms with Crippen molar-refractivity contribution in [3.05, 3.63) is 22.2 Å². The fourth-order valence-electron chi connectivity index (χ4n) is 2.16. The minimum absolute atomic E-state index is 0.234. The van der Waals surface area contributed by atoms with Crippen LogP contribution < -0.4 is 10.6 Å². The highest BCUT2D eigenvalue weighted by Crippen LogP contribution is 2.25. The molecule has 9 heteroatoms. The fourth-order valence-corrected chi connectivity index (χ4v) is 2.16.